The van der Waals surface area contributed by atoms with Crippen molar-refractivity contribution in [2.45, 2.75) is 13.0 Å². The Morgan fingerprint density at radius 1 is 1.24 bits per heavy atom. The first-order valence-corrected chi connectivity index (χ1v) is 6.97. The molecule has 0 bridgehead atoms. The second kappa shape index (κ2) is 6.56. The quantitative estimate of drug-likeness (QED) is 0.940. The summed E-state index contributed by atoms with van der Waals surface area (Å²) >= 11 is 1.29. The Hall–Kier alpha value is -2.83. The molecule has 0 aliphatic carbocycles. The fraction of sp³-hybridized carbons (Fsp3) is 0.133. The van der Waals surface area contributed by atoms with E-state index in [0.717, 1.165) is 0 Å². The second-order valence-corrected chi connectivity index (χ2v) is 5.08. The highest BCUT2D eigenvalue weighted by Gasteiger charge is 2.17. The molecule has 0 saturated heterocycles. The van der Waals surface area contributed by atoms with E-state index in [1.165, 1.54) is 11.3 Å². The highest BCUT2D eigenvalue weighted by atomic mass is 32.1. The Morgan fingerprint density at radius 2 is 1.95 bits per heavy atom. The average Bonchev–Trinajstić information content (AvgIpc) is 2.95. The van der Waals surface area contributed by atoms with Crippen molar-refractivity contribution in [3.63, 3.8) is 0 Å². The lowest BCUT2D eigenvalue weighted by Gasteiger charge is -2.14. The summed E-state index contributed by atoms with van der Waals surface area (Å²) in [5.74, 6) is 0.168. The van der Waals surface area contributed by atoms with Crippen LogP contribution in [0.2, 0.25) is 0 Å². The van der Waals surface area contributed by atoms with Crippen LogP contribution >= 0.6 is 11.3 Å². The molecule has 1 aromatic heterocycles. The third kappa shape index (κ3) is 3.59. The van der Waals surface area contributed by atoms with Crippen LogP contribution in [0.25, 0.3) is 0 Å². The Balaban J connectivity index is 1.99. The number of ether oxygens (including phenoxy) is 1. The van der Waals surface area contributed by atoms with E-state index in [4.69, 9.17) is 15.3 Å². The van der Waals surface area contributed by atoms with Gasteiger partial charge in [-0.15, -0.1) is 11.3 Å². The van der Waals surface area contributed by atoms with Crippen LogP contribution in [0.5, 0.6) is 5.75 Å². The van der Waals surface area contributed by atoms with Crippen LogP contribution in [-0.4, -0.2) is 12.0 Å². The number of thiophene rings is 1. The Labute approximate surface area is 126 Å². The summed E-state index contributed by atoms with van der Waals surface area (Å²) in [5.41, 5.74) is 0.954. The topological polar surface area (TPSA) is 85.9 Å². The molecule has 6 heteroatoms. The van der Waals surface area contributed by atoms with E-state index < -0.39 is 6.10 Å². The summed E-state index contributed by atoms with van der Waals surface area (Å²) in [6, 6.07) is 12.2. The van der Waals surface area contributed by atoms with Crippen molar-refractivity contribution >= 4 is 22.2 Å². The van der Waals surface area contributed by atoms with Crippen LogP contribution < -0.4 is 10.1 Å². The minimum atomic E-state index is -0.716. The third-order valence-corrected chi connectivity index (χ3v) is 3.52. The summed E-state index contributed by atoms with van der Waals surface area (Å²) in [6.07, 6.45) is -0.716. The van der Waals surface area contributed by atoms with E-state index in [1.54, 1.807) is 42.6 Å². The molecule has 0 aliphatic heterocycles. The zero-order chi connectivity index (χ0) is 15.2. The number of carbonyl (C=O) groups excluding carboxylic acids is 1. The van der Waals surface area contributed by atoms with Crippen molar-refractivity contribution in [2.24, 2.45) is 0 Å². The second-order valence-electron chi connectivity index (χ2n) is 4.16. The van der Waals surface area contributed by atoms with Crippen molar-refractivity contribution < 1.29 is 9.53 Å². The molecule has 2 aromatic rings. The molecule has 2 rings (SSSR count). The largest absolute Gasteiger partial charge is 0.481 e. The number of hydrogen-bond acceptors (Lipinski definition) is 5. The van der Waals surface area contributed by atoms with Gasteiger partial charge in [0.25, 0.3) is 5.91 Å². The van der Waals surface area contributed by atoms with Crippen LogP contribution in [0.4, 0.5) is 5.00 Å². The molecule has 0 spiro atoms. The molecule has 1 N–H and O–H groups in total. The van der Waals surface area contributed by atoms with Gasteiger partial charge in [0.15, 0.2) is 6.10 Å². The predicted molar refractivity (Wildman–Crippen MR) is 78.9 cm³/mol. The number of nitrogens with zero attached hydrogens (tertiary/aromatic N) is 2. The van der Waals surface area contributed by atoms with Crippen LogP contribution in [-0.2, 0) is 4.79 Å². The summed E-state index contributed by atoms with van der Waals surface area (Å²) in [6.45, 7) is 1.62. The number of amides is 1. The molecule has 104 valence electrons. The first kappa shape index (κ1) is 14.6. The molecular formula is C15H11N3O2S. The SMILES string of the molecule is C[C@H](Oc1ccc(C#N)cc1)C(=O)Nc1sccc1C#N. The maximum Gasteiger partial charge on any atom is 0.265 e. The first-order valence-electron chi connectivity index (χ1n) is 6.09. The molecule has 0 fully saturated rings. The van der Waals surface area contributed by atoms with Crippen LogP contribution in [0.15, 0.2) is 35.7 Å². The molecule has 0 aliphatic rings. The van der Waals surface area contributed by atoms with Gasteiger partial charge in [-0.05, 0) is 42.6 Å². The first-order chi connectivity index (χ1) is 10.1. The molecule has 1 atom stereocenters. The fourth-order valence-corrected chi connectivity index (χ4v) is 2.31. The van der Waals surface area contributed by atoms with Crippen LogP contribution in [0.3, 0.4) is 0 Å². The standard InChI is InChI=1S/C15H11N3O2S/c1-10(20-13-4-2-11(8-16)3-5-13)14(19)18-15-12(9-17)6-7-21-15/h2-7,10H,1H3,(H,18,19)/t10-/m0/s1. The molecule has 0 radical (unpaired) electrons. The summed E-state index contributed by atoms with van der Waals surface area (Å²) < 4.78 is 5.50. The van der Waals surface area contributed by atoms with Crippen molar-refractivity contribution in [1.82, 2.24) is 0 Å². The highest BCUT2D eigenvalue weighted by molar-refractivity contribution is 7.14. The highest BCUT2D eigenvalue weighted by Crippen LogP contribution is 2.22. The number of nitriles is 2. The van der Waals surface area contributed by atoms with Gasteiger partial charge >= 0.3 is 0 Å². The molecular weight excluding hydrogens is 286 g/mol. The van der Waals surface area contributed by atoms with Crippen molar-refractivity contribution in [1.29, 1.82) is 10.5 Å². The summed E-state index contributed by atoms with van der Waals surface area (Å²) in [5, 5.41) is 22.5. The fourth-order valence-electron chi connectivity index (χ4n) is 1.57. The van der Waals surface area contributed by atoms with Crippen molar-refractivity contribution in [3.05, 3.63) is 46.8 Å². The number of benzene rings is 1. The van der Waals surface area contributed by atoms with Gasteiger partial charge in [0.2, 0.25) is 0 Å². The van der Waals surface area contributed by atoms with Gasteiger partial charge < -0.3 is 10.1 Å². The monoisotopic (exact) mass is 297 g/mol. The van der Waals surface area contributed by atoms with Crippen LogP contribution in [0, 0.1) is 22.7 Å². The zero-order valence-corrected chi connectivity index (χ0v) is 12.0. The summed E-state index contributed by atoms with van der Waals surface area (Å²) in [4.78, 5) is 12.0. The molecule has 0 saturated carbocycles. The third-order valence-electron chi connectivity index (χ3n) is 2.69. The van der Waals surface area contributed by atoms with Gasteiger partial charge in [-0.25, -0.2) is 0 Å². The minimum absolute atomic E-state index is 0.335. The van der Waals surface area contributed by atoms with Gasteiger partial charge in [-0.2, -0.15) is 10.5 Å². The van der Waals surface area contributed by atoms with E-state index in [2.05, 4.69) is 5.32 Å². The van der Waals surface area contributed by atoms with E-state index in [1.807, 2.05) is 12.1 Å². The maximum atomic E-state index is 12.0. The number of carbonyl (C=O) groups is 1. The number of hydrogen-bond donors (Lipinski definition) is 1. The Kier molecular flexibility index (Phi) is 4.55. The number of nitrogens with one attached hydrogen (secondary N) is 1. The molecule has 1 heterocycles. The molecule has 5 nitrogen and oxygen atoms in total. The maximum absolute atomic E-state index is 12.0. The lowest BCUT2D eigenvalue weighted by molar-refractivity contribution is -0.122. The van der Waals surface area contributed by atoms with Gasteiger partial charge in [-0.3, -0.25) is 4.79 Å². The summed E-state index contributed by atoms with van der Waals surface area (Å²) in [7, 11) is 0. The minimum Gasteiger partial charge on any atom is -0.481 e. The van der Waals surface area contributed by atoms with Gasteiger partial charge in [0.1, 0.15) is 16.8 Å². The zero-order valence-electron chi connectivity index (χ0n) is 11.2. The van der Waals surface area contributed by atoms with Gasteiger partial charge in [0.05, 0.1) is 17.2 Å². The lowest BCUT2D eigenvalue weighted by Crippen LogP contribution is -2.30. The van der Waals surface area contributed by atoms with E-state index in [0.29, 0.717) is 21.9 Å². The van der Waals surface area contributed by atoms with Crippen molar-refractivity contribution in [2.75, 3.05) is 5.32 Å². The normalized spacial score (nSPS) is 11.0. The molecule has 0 unspecified atom stereocenters. The molecule has 21 heavy (non-hydrogen) atoms. The van der Waals surface area contributed by atoms with E-state index in [9.17, 15) is 4.79 Å². The average molecular weight is 297 g/mol. The number of anilines is 1. The van der Waals surface area contributed by atoms with Crippen molar-refractivity contribution in [3.8, 4) is 17.9 Å². The predicted octanol–water partition coefficient (Wildman–Crippen LogP) is 2.90. The molecule has 1 amide bonds. The number of rotatable bonds is 4. The van der Waals surface area contributed by atoms with Gasteiger partial charge in [0, 0.05) is 0 Å². The van der Waals surface area contributed by atoms with Crippen LogP contribution in [0.1, 0.15) is 18.1 Å². The van der Waals surface area contributed by atoms with E-state index >= 15 is 0 Å². The Bertz CT molecular complexity index is 723. The Morgan fingerprint density at radius 3 is 2.57 bits per heavy atom. The smallest absolute Gasteiger partial charge is 0.265 e. The van der Waals surface area contributed by atoms with Gasteiger partial charge in [-0.1, -0.05) is 0 Å². The lowest BCUT2D eigenvalue weighted by atomic mass is 10.2. The molecule has 1 aromatic carbocycles. The van der Waals surface area contributed by atoms with E-state index in [-0.39, 0.29) is 5.91 Å².